The summed E-state index contributed by atoms with van der Waals surface area (Å²) in [4.78, 5) is 28.6. The lowest BCUT2D eigenvalue weighted by Crippen LogP contribution is -2.17. The maximum absolute atomic E-state index is 12.4. The summed E-state index contributed by atoms with van der Waals surface area (Å²) in [5.74, 6) is 0.130. The van der Waals surface area contributed by atoms with Crippen molar-refractivity contribution in [1.82, 2.24) is 19.9 Å². The number of hydrogen-bond donors (Lipinski definition) is 4. The molecule has 10 heteroatoms. The van der Waals surface area contributed by atoms with Gasteiger partial charge in [-0.05, 0) is 24.3 Å². The maximum Gasteiger partial charge on any atom is 0.278 e. The largest absolute Gasteiger partial charge is 0.480 e. The third kappa shape index (κ3) is 4.37. The molecule has 27 heavy (non-hydrogen) atoms. The predicted octanol–water partition coefficient (Wildman–Crippen LogP) is 1.30. The van der Waals surface area contributed by atoms with Crippen LogP contribution in [0.3, 0.4) is 0 Å². The van der Waals surface area contributed by atoms with Crippen LogP contribution in [0.25, 0.3) is 0 Å². The number of nitrogens with zero attached hydrogens (tertiary/aromatic N) is 4. The summed E-state index contributed by atoms with van der Waals surface area (Å²) >= 11 is 0. The van der Waals surface area contributed by atoms with E-state index in [-0.39, 0.29) is 17.4 Å². The quantitative estimate of drug-likeness (QED) is 0.505. The van der Waals surface area contributed by atoms with Gasteiger partial charge in [0.25, 0.3) is 5.91 Å². The Bertz CT molecular complexity index is 963. The molecule has 1 amide bonds. The number of nitrogen functional groups attached to an aromatic ring is 2. The number of amides is 1. The lowest BCUT2D eigenvalue weighted by molar-refractivity contribution is 0.102. The van der Waals surface area contributed by atoms with Crippen LogP contribution in [0.2, 0.25) is 0 Å². The Hall–Kier alpha value is -3.95. The number of anilines is 4. The van der Waals surface area contributed by atoms with Crippen molar-refractivity contribution in [3.8, 4) is 5.88 Å². The average Bonchev–Trinajstić information content (AvgIpc) is 2.67. The molecular formula is C17H18N8O2. The van der Waals surface area contributed by atoms with Crippen LogP contribution >= 0.6 is 0 Å². The summed E-state index contributed by atoms with van der Waals surface area (Å²) in [6.07, 6.45) is 4.52. The van der Waals surface area contributed by atoms with E-state index in [1.165, 1.54) is 13.3 Å². The first-order valence-corrected chi connectivity index (χ1v) is 7.94. The van der Waals surface area contributed by atoms with Gasteiger partial charge in [0.2, 0.25) is 5.88 Å². The van der Waals surface area contributed by atoms with Crippen molar-refractivity contribution in [3.05, 3.63) is 54.2 Å². The van der Waals surface area contributed by atoms with Crippen molar-refractivity contribution in [2.45, 2.75) is 6.54 Å². The Morgan fingerprint density at radius 1 is 1.15 bits per heavy atom. The number of rotatable bonds is 6. The third-order valence-electron chi connectivity index (χ3n) is 3.57. The molecule has 3 rings (SSSR count). The van der Waals surface area contributed by atoms with Gasteiger partial charge in [0.15, 0.2) is 11.5 Å². The Morgan fingerprint density at radius 3 is 2.74 bits per heavy atom. The molecule has 0 aliphatic rings. The Balaban J connectivity index is 1.68. The van der Waals surface area contributed by atoms with Gasteiger partial charge in [-0.25, -0.2) is 9.97 Å². The first-order chi connectivity index (χ1) is 13.1. The highest BCUT2D eigenvalue weighted by atomic mass is 16.5. The zero-order valence-electron chi connectivity index (χ0n) is 14.5. The number of aromatic nitrogens is 4. The summed E-state index contributed by atoms with van der Waals surface area (Å²) in [7, 11) is 1.44. The number of nitrogens with two attached hydrogens (primary N) is 2. The van der Waals surface area contributed by atoms with Crippen molar-refractivity contribution >= 4 is 28.9 Å². The number of pyridine rings is 2. The molecular weight excluding hydrogens is 348 g/mol. The molecule has 0 saturated heterocycles. The molecule has 0 saturated carbocycles. The van der Waals surface area contributed by atoms with E-state index in [1.54, 1.807) is 30.6 Å². The van der Waals surface area contributed by atoms with E-state index in [0.717, 1.165) is 0 Å². The number of ether oxygens (including phenoxy) is 1. The van der Waals surface area contributed by atoms with Crippen molar-refractivity contribution < 1.29 is 9.53 Å². The molecule has 10 nitrogen and oxygen atoms in total. The van der Waals surface area contributed by atoms with Crippen LogP contribution in [-0.4, -0.2) is 33.0 Å². The molecule has 0 spiro atoms. The van der Waals surface area contributed by atoms with E-state index in [9.17, 15) is 4.79 Å². The summed E-state index contributed by atoms with van der Waals surface area (Å²) in [6, 6.07) is 6.99. The van der Waals surface area contributed by atoms with Gasteiger partial charge in [0.05, 0.1) is 31.2 Å². The number of carbonyl (C=O) groups is 1. The highest BCUT2D eigenvalue weighted by Gasteiger charge is 2.14. The molecule has 0 aliphatic heterocycles. The molecule has 0 fully saturated rings. The fourth-order valence-electron chi connectivity index (χ4n) is 2.26. The van der Waals surface area contributed by atoms with Crippen LogP contribution in [0.5, 0.6) is 5.88 Å². The van der Waals surface area contributed by atoms with E-state index < -0.39 is 5.91 Å². The Kier molecular flexibility index (Phi) is 5.26. The second kappa shape index (κ2) is 7.95. The second-order valence-corrected chi connectivity index (χ2v) is 5.43. The molecule has 0 aromatic carbocycles. The smallest absolute Gasteiger partial charge is 0.278 e. The predicted molar refractivity (Wildman–Crippen MR) is 101 cm³/mol. The average molecular weight is 366 g/mol. The highest BCUT2D eigenvalue weighted by molar-refractivity contribution is 6.05. The van der Waals surface area contributed by atoms with E-state index in [1.807, 2.05) is 6.07 Å². The third-order valence-corrected chi connectivity index (χ3v) is 3.57. The van der Waals surface area contributed by atoms with E-state index in [4.69, 9.17) is 16.2 Å². The van der Waals surface area contributed by atoms with Gasteiger partial charge in [-0.2, -0.15) is 4.98 Å². The van der Waals surface area contributed by atoms with E-state index in [0.29, 0.717) is 29.4 Å². The van der Waals surface area contributed by atoms with Crippen LogP contribution in [0.1, 0.15) is 16.2 Å². The Morgan fingerprint density at radius 2 is 2.00 bits per heavy atom. The lowest BCUT2D eigenvalue weighted by atomic mass is 10.3. The highest BCUT2D eigenvalue weighted by Crippen LogP contribution is 2.17. The lowest BCUT2D eigenvalue weighted by Gasteiger charge is -2.10. The number of hydrogen-bond acceptors (Lipinski definition) is 9. The minimum absolute atomic E-state index is 0.00965. The summed E-state index contributed by atoms with van der Waals surface area (Å²) in [5.41, 5.74) is 13.5. The first kappa shape index (κ1) is 17.9. The Labute approximate surface area is 155 Å². The molecule has 138 valence electrons. The molecule has 0 radical (unpaired) electrons. The molecule has 6 N–H and O–H groups in total. The molecule has 3 aromatic heterocycles. The zero-order chi connectivity index (χ0) is 19.2. The molecule has 0 aliphatic carbocycles. The molecule has 0 bridgehead atoms. The van der Waals surface area contributed by atoms with Gasteiger partial charge in [-0.3, -0.25) is 9.78 Å². The first-order valence-electron chi connectivity index (χ1n) is 7.94. The van der Waals surface area contributed by atoms with E-state index >= 15 is 0 Å². The fourth-order valence-corrected chi connectivity index (χ4v) is 2.26. The second-order valence-electron chi connectivity index (χ2n) is 5.43. The van der Waals surface area contributed by atoms with Gasteiger partial charge in [-0.15, -0.1) is 0 Å². The van der Waals surface area contributed by atoms with E-state index in [2.05, 4.69) is 30.6 Å². The maximum atomic E-state index is 12.4. The fraction of sp³-hybridized carbons (Fsp3) is 0.118. The van der Waals surface area contributed by atoms with Crippen LogP contribution in [0.4, 0.5) is 23.0 Å². The summed E-state index contributed by atoms with van der Waals surface area (Å²) in [6.45, 7) is 0.407. The van der Waals surface area contributed by atoms with Crippen molar-refractivity contribution in [2.24, 2.45) is 0 Å². The standard InChI is InChI=1S/C17H18N8O2/c1-27-13-9-23-14(16(19)25-13)17(26)24-10-4-6-20-11(7-10)8-22-12-3-2-5-21-15(12)18/h2-7,9,22H,8H2,1H3,(H2,18,21)(H2,19,25)(H,20,24,26). The minimum atomic E-state index is -0.482. The zero-order valence-corrected chi connectivity index (χ0v) is 14.5. The number of nitrogens with one attached hydrogen (secondary N) is 2. The molecule has 3 heterocycles. The van der Waals surface area contributed by atoms with Gasteiger partial charge < -0.3 is 26.8 Å². The monoisotopic (exact) mass is 366 g/mol. The molecule has 0 unspecified atom stereocenters. The van der Waals surface area contributed by atoms with Gasteiger partial charge in [0.1, 0.15) is 5.82 Å². The van der Waals surface area contributed by atoms with Crippen LogP contribution in [-0.2, 0) is 6.54 Å². The minimum Gasteiger partial charge on any atom is -0.480 e. The molecule has 0 atom stereocenters. The van der Waals surface area contributed by atoms with Crippen molar-refractivity contribution in [3.63, 3.8) is 0 Å². The van der Waals surface area contributed by atoms with Gasteiger partial charge in [-0.1, -0.05) is 0 Å². The molecule has 3 aromatic rings. The van der Waals surface area contributed by atoms with Crippen LogP contribution < -0.4 is 26.8 Å². The van der Waals surface area contributed by atoms with Crippen LogP contribution in [0, 0.1) is 0 Å². The number of methoxy groups -OCH3 is 1. The number of carbonyl (C=O) groups excluding carboxylic acids is 1. The summed E-state index contributed by atoms with van der Waals surface area (Å²) in [5, 5.41) is 5.86. The van der Waals surface area contributed by atoms with Gasteiger partial charge in [0, 0.05) is 18.1 Å². The summed E-state index contributed by atoms with van der Waals surface area (Å²) < 4.78 is 4.92. The normalized spacial score (nSPS) is 10.3. The SMILES string of the molecule is COc1cnc(C(=O)Nc2ccnc(CNc3cccnc3N)c2)c(N)n1. The van der Waals surface area contributed by atoms with Crippen molar-refractivity contribution in [1.29, 1.82) is 0 Å². The van der Waals surface area contributed by atoms with Gasteiger partial charge >= 0.3 is 0 Å². The van der Waals surface area contributed by atoms with Crippen molar-refractivity contribution in [2.75, 3.05) is 29.2 Å². The topological polar surface area (TPSA) is 154 Å². The van der Waals surface area contributed by atoms with Crippen LogP contribution in [0.15, 0.2) is 42.9 Å².